The fraction of sp³-hybridized carbons (Fsp3) is 0.269. The Labute approximate surface area is 203 Å². The van der Waals surface area contributed by atoms with Crippen LogP contribution in [0.15, 0.2) is 47.4 Å². The minimum Gasteiger partial charge on any atom is -0.465 e. The number of carbonyl (C=O) groups is 2. The Balaban J connectivity index is 1.84. The van der Waals surface area contributed by atoms with Gasteiger partial charge in [-0.25, -0.2) is 13.6 Å². The van der Waals surface area contributed by atoms with Gasteiger partial charge >= 0.3 is 5.97 Å². The van der Waals surface area contributed by atoms with Crippen LogP contribution < -0.4 is 11.2 Å². The number of nitrogens with zero attached hydrogens (tertiary/aromatic N) is 2. The van der Waals surface area contributed by atoms with E-state index in [0.29, 0.717) is 16.8 Å². The lowest BCUT2D eigenvalue weighted by Gasteiger charge is -2.29. The van der Waals surface area contributed by atoms with Gasteiger partial charge in [0.05, 0.1) is 34.9 Å². The average Bonchev–Trinajstić information content (AvgIpc) is 2.87. The van der Waals surface area contributed by atoms with Gasteiger partial charge in [0.15, 0.2) is 0 Å². The quantitative estimate of drug-likeness (QED) is 0.409. The number of nitrogens with two attached hydrogens (primary N) is 1. The maximum absolute atomic E-state index is 13.9. The molecule has 10 heteroatoms. The first-order valence-electron chi connectivity index (χ1n) is 11.4. The number of carbonyl (C=O) groups excluding carboxylic acids is 2. The summed E-state index contributed by atoms with van der Waals surface area (Å²) in [5.41, 5.74) is 5.99. The van der Waals surface area contributed by atoms with Crippen molar-refractivity contribution >= 4 is 33.7 Å². The zero-order valence-electron chi connectivity index (χ0n) is 19.3. The number of nitrogens with one attached hydrogen (secondary N) is 1. The van der Waals surface area contributed by atoms with Crippen LogP contribution >= 0.6 is 0 Å². The second-order valence-electron chi connectivity index (χ2n) is 8.89. The number of methoxy groups -OCH3 is 1. The summed E-state index contributed by atoms with van der Waals surface area (Å²) in [5.74, 6) is -4.90. The summed E-state index contributed by atoms with van der Waals surface area (Å²) < 4.78 is 32.8. The van der Waals surface area contributed by atoms with Crippen molar-refractivity contribution < 1.29 is 23.1 Å². The number of para-hydroxylation sites is 1. The Kier molecular flexibility index (Phi) is 5.74. The lowest BCUT2D eigenvalue weighted by Crippen LogP contribution is -2.25. The van der Waals surface area contributed by atoms with Crippen molar-refractivity contribution in [3.8, 4) is 11.3 Å². The fourth-order valence-electron chi connectivity index (χ4n) is 4.87. The van der Waals surface area contributed by atoms with Gasteiger partial charge in [0.2, 0.25) is 11.4 Å². The number of pyridine rings is 3. The van der Waals surface area contributed by atoms with Crippen LogP contribution in [0.3, 0.4) is 0 Å². The number of hydrogen-bond acceptors (Lipinski definition) is 6. The molecule has 3 aromatic heterocycles. The molecule has 1 amide bonds. The van der Waals surface area contributed by atoms with Crippen LogP contribution in [0.25, 0.3) is 33.1 Å². The summed E-state index contributed by atoms with van der Waals surface area (Å²) in [5, 5.41) is 0.600. The van der Waals surface area contributed by atoms with Crippen molar-refractivity contribution in [1.29, 1.82) is 0 Å². The van der Waals surface area contributed by atoms with Crippen molar-refractivity contribution in [3.63, 3.8) is 0 Å². The standard InChI is InChI=1S/C26H22F2N4O4/c1-36-25(35)19-21(32-17-8-11-30-22(24(29)34)18(17)23(19)33)15-12-14-4-2-3-5-16(14)31-20(15)13-6-9-26(27,28)10-7-13/h2-5,8,11-13H,6-7,9-10H2,1H3,(H2,29,34)(H,32,33). The third-order valence-electron chi connectivity index (χ3n) is 6.66. The molecular weight excluding hydrogens is 470 g/mol. The summed E-state index contributed by atoms with van der Waals surface area (Å²) >= 11 is 0. The van der Waals surface area contributed by atoms with E-state index in [1.54, 1.807) is 6.07 Å². The van der Waals surface area contributed by atoms with Crippen LogP contribution in [-0.2, 0) is 4.74 Å². The van der Waals surface area contributed by atoms with Crippen molar-refractivity contribution in [2.45, 2.75) is 37.5 Å². The van der Waals surface area contributed by atoms with E-state index in [1.165, 1.54) is 12.3 Å². The van der Waals surface area contributed by atoms with Crippen LogP contribution in [0.2, 0.25) is 0 Å². The van der Waals surface area contributed by atoms with E-state index in [2.05, 4.69) is 9.97 Å². The zero-order valence-corrected chi connectivity index (χ0v) is 19.3. The average molecular weight is 492 g/mol. The molecule has 5 rings (SSSR count). The lowest BCUT2D eigenvalue weighted by atomic mass is 9.82. The highest BCUT2D eigenvalue weighted by Crippen LogP contribution is 2.43. The number of benzene rings is 1. The number of H-pyrrole nitrogens is 1. The molecule has 1 aliphatic rings. The first kappa shape index (κ1) is 23.5. The number of esters is 1. The van der Waals surface area contributed by atoms with Crippen LogP contribution in [-0.4, -0.2) is 39.9 Å². The number of halogens is 2. The van der Waals surface area contributed by atoms with Gasteiger partial charge in [-0.3, -0.25) is 19.6 Å². The highest BCUT2D eigenvalue weighted by Gasteiger charge is 2.37. The molecule has 184 valence electrons. The predicted octanol–water partition coefficient (Wildman–Crippen LogP) is 4.32. The number of rotatable bonds is 4. The Morgan fingerprint density at radius 3 is 2.58 bits per heavy atom. The molecule has 3 heterocycles. The Hall–Kier alpha value is -4.21. The molecule has 3 N–H and O–H groups in total. The number of alkyl halides is 2. The van der Waals surface area contributed by atoms with Gasteiger partial charge in [0.1, 0.15) is 11.3 Å². The molecule has 0 aliphatic heterocycles. The summed E-state index contributed by atoms with van der Waals surface area (Å²) in [6, 6.07) is 10.6. The van der Waals surface area contributed by atoms with Crippen LogP contribution in [0.1, 0.15) is 58.1 Å². The van der Waals surface area contributed by atoms with Gasteiger partial charge in [-0.1, -0.05) is 18.2 Å². The summed E-state index contributed by atoms with van der Waals surface area (Å²) in [7, 11) is 1.14. The van der Waals surface area contributed by atoms with Crippen molar-refractivity contribution in [3.05, 3.63) is 69.8 Å². The largest absolute Gasteiger partial charge is 0.465 e. The van der Waals surface area contributed by atoms with E-state index in [1.807, 2.05) is 24.3 Å². The Morgan fingerprint density at radius 2 is 1.89 bits per heavy atom. The van der Waals surface area contributed by atoms with Gasteiger partial charge in [0, 0.05) is 35.9 Å². The summed E-state index contributed by atoms with van der Waals surface area (Å²) in [6.45, 7) is 0. The third-order valence-corrected chi connectivity index (χ3v) is 6.66. The first-order chi connectivity index (χ1) is 17.2. The van der Waals surface area contributed by atoms with Crippen LogP contribution in [0, 0.1) is 0 Å². The number of aromatic amines is 1. The highest BCUT2D eigenvalue weighted by molar-refractivity contribution is 6.07. The minimum atomic E-state index is -2.74. The maximum Gasteiger partial charge on any atom is 0.344 e. The molecule has 1 aromatic carbocycles. The minimum absolute atomic E-state index is 0.131. The number of fused-ring (bicyclic) bond motifs is 2. The number of aromatic nitrogens is 3. The van der Waals surface area contributed by atoms with Gasteiger partial charge in [-0.2, -0.15) is 0 Å². The molecule has 0 unspecified atom stereocenters. The number of amides is 1. The van der Waals surface area contributed by atoms with E-state index < -0.39 is 23.2 Å². The molecule has 1 aliphatic carbocycles. The maximum atomic E-state index is 13.9. The molecule has 8 nitrogen and oxygen atoms in total. The molecule has 0 saturated heterocycles. The molecule has 0 radical (unpaired) electrons. The topological polar surface area (TPSA) is 128 Å². The van der Waals surface area contributed by atoms with Gasteiger partial charge in [-0.05, 0) is 31.0 Å². The third kappa shape index (κ3) is 3.98. The molecule has 0 spiro atoms. The molecule has 1 saturated carbocycles. The normalized spacial score (nSPS) is 15.8. The molecule has 4 aromatic rings. The van der Waals surface area contributed by atoms with Crippen molar-refractivity contribution in [2.24, 2.45) is 5.73 Å². The summed E-state index contributed by atoms with van der Waals surface area (Å²) in [4.78, 5) is 50.2. The Bertz CT molecular complexity index is 1590. The zero-order chi connectivity index (χ0) is 25.6. The van der Waals surface area contributed by atoms with Crippen LogP contribution in [0.5, 0.6) is 0 Å². The van der Waals surface area contributed by atoms with Gasteiger partial charge in [0.25, 0.3) is 5.91 Å². The predicted molar refractivity (Wildman–Crippen MR) is 129 cm³/mol. The van der Waals surface area contributed by atoms with E-state index >= 15 is 0 Å². The SMILES string of the molecule is COC(=O)c1c(-c2cc3ccccc3nc2C2CCC(F)(F)CC2)[nH]c2ccnc(C(N)=O)c2c1=O. The van der Waals surface area contributed by atoms with Gasteiger partial charge < -0.3 is 15.5 Å². The van der Waals surface area contributed by atoms with Gasteiger partial charge in [-0.15, -0.1) is 0 Å². The Morgan fingerprint density at radius 1 is 1.17 bits per heavy atom. The van der Waals surface area contributed by atoms with E-state index in [-0.39, 0.29) is 59.5 Å². The smallest absolute Gasteiger partial charge is 0.344 e. The second kappa shape index (κ2) is 8.78. The van der Waals surface area contributed by atoms with Crippen molar-refractivity contribution in [1.82, 2.24) is 15.0 Å². The van der Waals surface area contributed by atoms with E-state index in [4.69, 9.17) is 15.5 Å². The molecule has 0 bridgehead atoms. The highest BCUT2D eigenvalue weighted by atomic mass is 19.3. The molecular formula is C26H22F2N4O4. The number of hydrogen-bond donors (Lipinski definition) is 2. The molecule has 1 fully saturated rings. The van der Waals surface area contributed by atoms with Crippen molar-refractivity contribution in [2.75, 3.05) is 7.11 Å². The summed E-state index contributed by atoms with van der Waals surface area (Å²) in [6.07, 6.45) is 1.16. The lowest BCUT2D eigenvalue weighted by molar-refractivity contribution is -0.0384. The van der Waals surface area contributed by atoms with E-state index in [9.17, 15) is 23.2 Å². The first-order valence-corrected chi connectivity index (χ1v) is 11.4. The molecule has 36 heavy (non-hydrogen) atoms. The number of ether oxygens (including phenoxy) is 1. The second-order valence-corrected chi connectivity index (χ2v) is 8.89. The number of primary amides is 1. The van der Waals surface area contributed by atoms with E-state index in [0.717, 1.165) is 12.5 Å². The molecule has 0 atom stereocenters. The monoisotopic (exact) mass is 492 g/mol. The van der Waals surface area contributed by atoms with Crippen LogP contribution in [0.4, 0.5) is 8.78 Å². The fourth-order valence-corrected chi connectivity index (χ4v) is 4.87.